The Bertz CT molecular complexity index is 885. The van der Waals surface area contributed by atoms with Crippen molar-refractivity contribution >= 4 is 17.5 Å². The second-order valence-electron chi connectivity index (χ2n) is 7.35. The third kappa shape index (κ3) is 4.26. The Morgan fingerprint density at radius 1 is 1.25 bits per heavy atom. The average molecular weight is 399 g/mol. The zero-order valence-electron chi connectivity index (χ0n) is 15.5. The number of aromatic nitrogens is 4. The quantitative estimate of drug-likeness (QED) is 0.542. The molecule has 146 valence electrons. The second-order valence-corrected chi connectivity index (χ2v) is 7.78. The Kier molecular flexibility index (Phi) is 5.45. The largest absolute Gasteiger partial charge is 0.355 e. The van der Waals surface area contributed by atoms with Crippen molar-refractivity contribution in [1.82, 2.24) is 30.2 Å². The van der Waals surface area contributed by atoms with Gasteiger partial charge in [0.05, 0.1) is 18.3 Å². The number of nitrogens with one attached hydrogen (secondary N) is 3. The van der Waals surface area contributed by atoms with Crippen molar-refractivity contribution in [3.05, 3.63) is 71.3 Å². The summed E-state index contributed by atoms with van der Waals surface area (Å²) in [6, 6.07) is 7.74. The molecule has 1 aromatic carbocycles. The monoisotopic (exact) mass is 398 g/mol. The van der Waals surface area contributed by atoms with Crippen LogP contribution in [0.15, 0.2) is 49.2 Å². The third-order valence-electron chi connectivity index (χ3n) is 5.15. The summed E-state index contributed by atoms with van der Waals surface area (Å²) in [6.07, 6.45) is 8.42. The maximum atomic E-state index is 13.1. The number of hydrogen-bond acceptors (Lipinski definition) is 4. The van der Waals surface area contributed by atoms with E-state index in [-0.39, 0.29) is 5.91 Å². The molecule has 3 aromatic rings. The molecule has 0 radical (unpaired) electrons. The molecule has 28 heavy (non-hydrogen) atoms. The molecule has 3 heterocycles. The van der Waals surface area contributed by atoms with E-state index in [0.29, 0.717) is 31.1 Å². The van der Waals surface area contributed by atoms with Gasteiger partial charge in [0.25, 0.3) is 0 Å². The van der Waals surface area contributed by atoms with E-state index >= 15 is 0 Å². The van der Waals surface area contributed by atoms with Crippen LogP contribution in [-0.4, -0.2) is 50.4 Å². The highest BCUT2D eigenvalue weighted by atomic mass is 35.5. The second kappa shape index (κ2) is 8.16. The van der Waals surface area contributed by atoms with Crippen LogP contribution >= 0.6 is 11.6 Å². The van der Waals surface area contributed by atoms with Crippen molar-refractivity contribution in [3.63, 3.8) is 0 Å². The lowest BCUT2D eigenvalue weighted by Crippen LogP contribution is -2.64. The van der Waals surface area contributed by atoms with Gasteiger partial charge >= 0.3 is 0 Å². The number of rotatable bonds is 8. The first kappa shape index (κ1) is 18.7. The van der Waals surface area contributed by atoms with Gasteiger partial charge < -0.3 is 15.3 Å². The standard InChI is InChI=1S/C20H23ClN6O/c21-16-3-1-15(2-4-16)9-20(12-27(13-20)11-18-23-7-8-24-18)19(28)25-6-5-17-10-22-14-26-17/h1-4,7-8,10,14H,5-6,9,11-13H2,(H,22,26)(H,23,24)(H,25,28). The van der Waals surface area contributed by atoms with Crippen LogP contribution < -0.4 is 5.32 Å². The normalized spacial score (nSPS) is 15.9. The molecule has 1 amide bonds. The zero-order chi connectivity index (χ0) is 19.4. The van der Waals surface area contributed by atoms with Gasteiger partial charge in [0.2, 0.25) is 5.91 Å². The van der Waals surface area contributed by atoms with Crippen molar-refractivity contribution in [2.45, 2.75) is 19.4 Å². The maximum Gasteiger partial charge on any atom is 0.229 e. The number of H-pyrrole nitrogens is 2. The molecular formula is C20H23ClN6O. The van der Waals surface area contributed by atoms with Crippen molar-refractivity contribution in [2.75, 3.05) is 19.6 Å². The number of likely N-dealkylation sites (tertiary alicyclic amines) is 1. The number of benzene rings is 1. The third-order valence-corrected chi connectivity index (χ3v) is 5.40. The summed E-state index contributed by atoms with van der Waals surface area (Å²) in [5.41, 5.74) is 1.69. The van der Waals surface area contributed by atoms with Crippen LogP contribution in [0.3, 0.4) is 0 Å². The Morgan fingerprint density at radius 2 is 2.07 bits per heavy atom. The molecule has 0 spiro atoms. The summed E-state index contributed by atoms with van der Waals surface area (Å²) in [6.45, 7) is 2.71. The molecule has 0 aliphatic carbocycles. The molecule has 7 nitrogen and oxygen atoms in total. The predicted octanol–water partition coefficient (Wildman–Crippen LogP) is 2.19. The number of carbonyl (C=O) groups excluding carboxylic acids is 1. The van der Waals surface area contributed by atoms with Crippen LogP contribution in [0.4, 0.5) is 0 Å². The average Bonchev–Trinajstić information content (AvgIpc) is 3.35. The van der Waals surface area contributed by atoms with E-state index in [9.17, 15) is 4.79 Å². The number of imidazole rings is 2. The lowest BCUT2D eigenvalue weighted by Gasteiger charge is -2.48. The molecule has 0 bridgehead atoms. The van der Waals surface area contributed by atoms with Gasteiger partial charge in [0.15, 0.2) is 0 Å². The molecule has 8 heteroatoms. The van der Waals surface area contributed by atoms with Crippen molar-refractivity contribution in [1.29, 1.82) is 0 Å². The number of amides is 1. The van der Waals surface area contributed by atoms with Crippen LogP contribution in [0, 0.1) is 5.41 Å². The van der Waals surface area contributed by atoms with E-state index in [4.69, 9.17) is 11.6 Å². The minimum atomic E-state index is -0.436. The van der Waals surface area contributed by atoms with E-state index in [1.807, 2.05) is 30.5 Å². The Hall–Kier alpha value is -2.64. The summed E-state index contributed by atoms with van der Waals surface area (Å²) in [4.78, 5) is 29.8. The van der Waals surface area contributed by atoms with Gasteiger partial charge in [-0.1, -0.05) is 23.7 Å². The van der Waals surface area contributed by atoms with E-state index in [2.05, 4.69) is 30.2 Å². The molecule has 2 aromatic heterocycles. The van der Waals surface area contributed by atoms with Gasteiger partial charge in [0, 0.05) is 55.4 Å². The molecule has 0 unspecified atom stereocenters. The molecule has 4 rings (SSSR count). The SMILES string of the molecule is O=C(NCCc1cnc[nH]1)C1(Cc2ccc(Cl)cc2)CN(Cc2ncc[nH]2)C1. The van der Waals surface area contributed by atoms with Crippen LogP contribution in [-0.2, 0) is 24.2 Å². The highest BCUT2D eigenvalue weighted by molar-refractivity contribution is 6.30. The van der Waals surface area contributed by atoms with Gasteiger partial charge in [-0.2, -0.15) is 0 Å². The van der Waals surface area contributed by atoms with Gasteiger partial charge in [-0.05, 0) is 24.1 Å². The first-order chi connectivity index (χ1) is 13.6. The number of carbonyl (C=O) groups is 1. The van der Waals surface area contributed by atoms with E-state index in [0.717, 1.165) is 30.0 Å². The number of hydrogen-bond donors (Lipinski definition) is 3. The fourth-order valence-electron chi connectivity index (χ4n) is 3.77. The Morgan fingerprint density at radius 3 is 2.75 bits per heavy atom. The molecular weight excluding hydrogens is 376 g/mol. The maximum absolute atomic E-state index is 13.1. The van der Waals surface area contributed by atoms with Crippen LogP contribution in [0.1, 0.15) is 17.1 Å². The minimum Gasteiger partial charge on any atom is -0.355 e. The fraction of sp³-hybridized carbons (Fsp3) is 0.350. The summed E-state index contributed by atoms with van der Waals surface area (Å²) >= 11 is 6.01. The summed E-state index contributed by atoms with van der Waals surface area (Å²) < 4.78 is 0. The summed E-state index contributed by atoms with van der Waals surface area (Å²) in [7, 11) is 0. The van der Waals surface area contributed by atoms with Crippen molar-refractivity contribution < 1.29 is 4.79 Å². The van der Waals surface area contributed by atoms with Gasteiger partial charge in [0.1, 0.15) is 5.82 Å². The molecule has 1 fully saturated rings. The number of halogens is 1. The predicted molar refractivity (Wildman–Crippen MR) is 107 cm³/mol. The van der Waals surface area contributed by atoms with Gasteiger partial charge in [-0.3, -0.25) is 9.69 Å². The lowest BCUT2D eigenvalue weighted by atomic mass is 9.73. The first-order valence-electron chi connectivity index (χ1n) is 9.34. The highest BCUT2D eigenvalue weighted by Gasteiger charge is 2.48. The molecule has 1 aliphatic rings. The summed E-state index contributed by atoms with van der Waals surface area (Å²) in [5.74, 6) is 1.01. The van der Waals surface area contributed by atoms with Crippen LogP contribution in [0.25, 0.3) is 0 Å². The fourth-order valence-corrected chi connectivity index (χ4v) is 3.89. The molecule has 0 saturated carbocycles. The molecule has 1 saturated heterocycles. The van der Waals surface area contributed by atoms with Crippen LogP contribution in [0.2, 0.25) is 5.02 Å². The van der Waals surface area contributed by atoms with Crippen LogP contribution in [0.5, 0.6) is 0 Å². The molecule has 3 N–H and O–H groups in total. The lowest BCUT2D eigenvalue weighted by molar-refractivity contribution is -0.142. The van der Waals surface area contributed by atoms with Gasteiger partial charge in [-0.25, -0.2) is 9.97 Å². The Labute approximate surface area is 168 Å². The van der Waals surface area contributed by atoms with Crippen molar-refractivity contribution in [2.24, 2.45) is 5.41 Å². The Balaban J connectivity index is 1.40. The first-order valence-corrected chi connectivity index (χ1v) is 9.71. The van der Waals surface area contributed by atoms with Crippen molar-refractivity contribution in [3.8, 4) is 0 Å². The number of nitrogens with zero attached hydrogens (tertiary/aromatic N) is 3. The molecule has 1 aliphatic heterocycles. The summed E-state index contributed by atoms with van der Waals surface area (Å²) in [5, 5.41) is 3.82. The van der Waals surface area contributed by atoms with Gasteiger partial charge in [-0.15, -0.1) is 0 Å². The highest BCUT2D eigenvalue weighted by Crippen LogP contribution is 2.35. The zero-order valence-corrected chi connectivity index (χ0v) is 16.2. The molecule has 0 atom stereocenters. The van der Waals surface area contributed by atoms with E-state index in [1.165, 1.54) is 0 Å². The minimum absolute atomic E-state index is 0.0951. The van der Waals surface area contributed by atoms with E-state index < -0.39 is 5.41 Å². The number of aromatic amines is 2. The smallest absolute Gasteiger partial charge is 0.229 e. The van der Waals surface area contributed by atoms with E-state index in [1.54, 1.807) is 18.7 Å². The topological polar surface area (TPSA) is 89.7 Å².